The van der Waals surface area contributed by atoms with E-state index in [1.165, 1.54) is 4.90 Å². The topological polar surface area (TPSA) is 185 Å². The van der Waals surface area contributed by atoms with Crippen molar-refractivity contribution in [3.05, 3.63) is 0 Å². The van der Waals surface area contributed by atoms with E-state index in [4.69, 9.17) is 5.11 Å². The number of nitrogens with zero attached hydrogens (tertiary/aromatic N) is 1. The van der Waals surface area contributed by atoms with Gasteiger partial charge >= 0.3 is 0 Å². The Morgan fingerprint density at radius 1 is 0.870 bits per heavy atom. The molecule has 0 amide bonds. The molecule has 11 heteroatoms. The fraction of sp³-hybridized carbons (Fsp3) is 1.00. The molecule has 0 bridgehead atoms. The van der Waals surface area contributed by atoms with Crippen molar-refractivity contribution in [3.63, 3.8) is 0 Å². The minimum atomic E-state index is -1.91. The van der Waals surface area contributed by atoms with Crippen LogP contribution in [0.25, 0.3) is 0 Å². The van der Waals surface area contributed by atoms with Crippen LogP contribution in [0.3, 0.4) is 0 Å². The summed E-state index contributed by atoms with van der Waals surface area (Å²) in [5, 5.41) is 85.0. The molecule has 0 aromatic rings. The Hall–Kier alpha value is -0.110. The molecule has 0 spiro atoms. The molecule has 0 aliphatic carbocycles. The van der Waals surface area contributed by atoms with E-state index in [0.717, 1.165) is 0 Å². The molecule has 1 heterocycles. The maximum atomic E-state index is 9.89. The van der Waals surface area contributed by atoms with Crippen molar-refractivity contribution in [1.29, 1.82) is 0 Å². The van der Waals surface area contributed by atoms with Crippen LogP contribution in [0.2, 0.25) is 0 Å². The van der Waals surface area contributed by atoms with E-state index in [1.807, 2.05) is 0 Å². The predicted octanol–water partition coefficient (Wildman–Crippen LogP) is -5.40. The van der Waals surface area contributed by atoms with E-state index < -0.39 is 62.0 Å². The van der Waals surface area contributed by atoms with Crippen LogP contribution in [0.4, 0.5) is 0 Å². The number of hydrogen-bond acceptors (Lipinski definition) is 10. The summed E-state index contributed by atoms with van der Waals surface area (Å²) < 4.78 is 0. The molecule has 0 unspecified atom stereocenters. The van der Waals surface area contributed by atoms with Gasteiger partial charge in [-0.05, 0) is 0 Å². The molecule has 1 rings (SSSR count). The van der Waals surface area contributed by atoms with E-state index in [0.29, 0.717) is 0 Å². The zero-order valence-electron chi connectivity index (χ0n) is 12.3. The van der Waals surface area contributed by atoms with Crippen molar-refractivity contribution in [1.82, 2.24) is 4.90 Å². The summed E-state index contributed by atoms with van der Waals surface area (Å²) in [7, 11) is 0. The zero-order chi connectivity index (χ0) is 17.0. The maximum Gasteiger partial charge on any atom is 0.111 e. The first-order chi connectivity index (χ1) is 10.2. The molecule has 1 aliphatic heterocycles. The van der Waals surface area contributed by atoms with Gasteiger partial charge in [0, 0.05) is 13.1 Å². The van der Waals surface area contributed by atoms with Crippen molar-refractivity contribution in [3.8, 4) is 0 Å². The van der Waals surface area contributed by atoms with Gasteiger partial charge < -0.3 is 46.0 Å². The van der Waals surface area contributed by atoms with Crippen molar-refractivity contribution in [2.45, 2.75) is 48.8 Å². The normalized spacial score (nSPS) is 32.0. The van der Waals surface area contributed by atoms with Crippen molar-refractivity contribution >= 4 is 12.4 Å². The van der Waals surface area contributed by atoms with Crippen LogP contribution in [0.1, 0.15) is 0 Å². The molecule has 0 radical (unpaired) electrons. The third kappa shape index (κ3) is 5.44. The second-order valence-corrected chi connectivity index (χ2v) is 5.55. The highest BCUT2D eigenvalue weighted by atomic mass is 35.5. The maximum absolute atomic E-state index is 9.89. The SMILES string of the molecule is Cl.OC[C@@H]1[C@@H](O)[C@H](O)CN1C[C@@H](O)[C@@H](O)[C@H](O)[C@H](O)[C@@H](O)CO. The lowest BCUT2D eigenvalue weighted by atomic mass is 9.99. The highest BCUT2D eigenvalue weighted by molar-refractivity contribution is 5.85. The highest BCUT2D eigenvalue weighted by Crippen LogP contribution is 2.20. The summed E-state index contributed by atoms with van der Waals surface area (Å²) in [6, 6.07) is -0.832. The highest BCUT2D eigenvalue weighted by Gasteiger charge is 2.42. The molecule has 0 aromatic carbocycles. The van der Waals surface area contributed by atoms with Crippen molar-refractivity contribution < 1.29 is 46.0 Å². The fourth-order valence-electron chi connectivity index (χ4n) is 2.50. The van der Waals surface area contributed by atoms with Gasteiger partial charge in [-0.1, -0.05) is 0 Å². The third-order valence-corrected chi connectivity index (χ3v) is 3.96. The fourth-order valence-corrected chi connectivity index (χ4v) is 2.50. The van der Waals surface area contributed by atoms with Crippen molar-refractivity contribution in [2.24, 2.45) is 0 Å². The van der Waals surface area contributed by atoms with Crippen LogP contribution >= 0.6 is 12.4 Å². The Morgan fingerprint density at radius 3 is 1.87 bits per heavy atom. The number of aliphatic hydroxyl groups is 9. The second-order valence-electron chi connectivity index (χ2n) is 5.55. The van der Waals surface area contributed by atoms with Gasteiger partial charge in [0.1, 0.15) is 24.4 Å². The first-order valence-electron chi connectivity index (χ1n) is 6.96. The zero-order valence-corrected chi connectivity index (χ0v) is 13.1. The summed E-state index contributed by atoms with van der Waals surface area (Å²) >= 11 is 0. The van der Waals surface area contributed by atoms with Gasteiger partial charge in [-0.2, -0.15) is 0 Å². The minimum absolute atomic E-state index is 0. The van der Waals surface area contributed by atoms with Gasteiger partial charge in [0.25, 0.3) is 0 Å². The lowest BCUT2D eigenvalue weighted by Gasteiger charge is -2.32. The lowest BCUT2D eigenvalue weighted by Crippen LogP contribution is -2.53. The molecular formula is C12H26ClNO9. The molecule has 1 saturated heterocycles. The van der Waals surface area contributed by atoms with Crippen molar-refractivity contribution in [2.75, 3.05) is 26.3 Å². The molecule has 1 aliphatic rings. The summed E-state index contributed by atoms with van der Waals surface area (Å²) in [5.41, 5.74) is 0. The molecule has 8 atom stereocenters. The van der Waals surface area contributed by atoms with E-state index in [2.05, 4.69) is 0 Å². The summed E-state index contributed by atoms with van der Waals surface area (Å²) in [5.74, 6) is 0. The molecule has 9 N–H and O–H groups in total. The Labute approximate surface area is 139 Å². The van der Waals surface area contributed by atoms with E-state index in [1.54, 1.807) is 0 Å². The first kappa shape index (κ1) is 22.9. The Kier molecular flexibility index (Phi) is 9.96. The number of likely N-dealkylation sites (tertiary alicyclic amines) is 1. The van der Waals surface area contributed by atoms with E-state index in [-0.39, 0.29) is 25.5 Å². The van der Waals surface area contributed by atoms with Gasteiger partial charge in [0.2, 0.25) is 0 Å². The average molecular weight is 364 g/mol. The standard InChI is InChI=1S/C12H25NO9.ClH/c14-3-5-9(19)6(16)1-13(5)2-7(17)10(20)12(22)11(21)8(18)4-15;/h5-12,14-22H,1-4H2;1H/t5-,6-,7-,8+,9-,10-,11-,12+;/m1./s1. The molecule has 140 valence electrons. The van der Waals surface area contributed by atoms with Crippen LogP contribution in [0, 0.1) is 0 Å². The second kappa shape index (κ2) is 10.0. The Bertz CT molecular complexity index is 340. The first-order valence-corrected chi connectivity index (χ1v) is 6.96. The van der Waals surface area contributed by atoms with Crippen LogP contribution in [0.5, 0.6) is 0 Å². The number of β-amino-alcohol motifs (C(OH)–C–C–N with tert-alkyl or cyclic N) is 2. The lowest BCUT2D eigenvalue weighted by molar-refractivity contribution is -0.144. The summed E-state index contributed by atoms with van der Waals surface area (Å²) in [4.78, 5) is 1.34. The number of rotatable bonds is 8. The van der Waals surface area contributed by atoms with Crippen LogP contribution in [-0.4, -0.2) is 126 Å². The molecule has 10 nitrogen and oxygen atoms in total. The quantitative estimate of drug-likeness (QED) is 0.201. The third-order valence-electron chi connectivity index (χ3n) is 3.96. The molecule has 1 fully saturated rings. The van der Waals surface area contributed by atoms with Gasteiger partial charge in [0.05, 0.1) is 37.6 Å². The van der Waals surface area contributed by atoms with Gasteiger partial charge in [0.15, 0.2) is 0 Å². The van der Waals surface area contributed by atoms with Gasteiger partial charge in [-0.3, -0.25) is 4.90 Å². The van der Waals surface area contributed by atoms with E-state index in [9.17, 15) is 40.9 Å². The summed E-state index contributed by atoms with van der Waals surface area (Å²) in [6.07, 6.45) is -11.2. The van der Waals surface area contributed by atoms with Crippen LogP contribution in [-0.2, 0) is 0 Å². The molecular weight excluding hydrogens is 338 g/mol. The molecule has 0 saturated carbocycles. The monoisotopic (exact) mass is 363 g/mol. The predicted molar refractivity (Wildman–Crippen MR) is 78.8 cm³/mol. The van der Waals surface area contributed by atoms with Gasteiger partial charge in [-0.15, -0.1) is 12.4 Å². The number of hydrogen-bond donors (Lipinski definition) is 9. The smallest absolute Gasteiger partial charge is 0.111 e. The largest absolute Gasteiger partial charge is 0.395 e. The van der Waals surface area contributed by atoms with Gasteiger partial charge in [-0.25, -0.2) is 0 Å². The number of aliphatic hydroxyl groups excluding tert-OH is 9. The Morgan fingerprint density at radius 2 is 1.39 bits per heavy atom. The summed E-state index contributed by atoms with van der Waals surface area (Å²) in [6.45, 7) is -1.65. The average Bonchev–Trinajstić information content (AvgIpc) is 2.77. The Balaban J connectivity index is 0.00000484. The van der Waals surface area contributed by atoms with E-state index >= 15 is 0 Å². The minimum Gasteiger partial charge on any atom is -0.395 e. The number of halogens is 1. The molecule has 0 aromatic heterocycles. The van der Waals surface area contributed by atoms with Crippen LogP contribution in [0.15, 0.2) is 0 Å². The molecule has 23 heavy (non-hydrogen) atoms. The van der Waals surface area contributed by atoms with Crippen LogP contribution < -0.4 is 0 Å².